The Bertz CT molecular complexity index is 511. The van der Waals surface area contributed by atoms with Gasteiger partial charge in [-0.05, 0) is 18.6 Å². The van der Waals surface area contributed by atoms with Gasteiger partial charge in [-0.15, -0.1) is 0 Å². The first-order chi connectivity index (χ1) is 8.42. The standard InChI is InChI=1S/C12H14N4O/c1-2-10-7-15-12(16-11(10)13-4-1)14-6-9-3-5-17-8-9/h1-2,4,7,9H,3,5-6,8H2,(H,13,14,15,16). The number of fused-ring (bicyclic) bond motifs is 1. The molecular weight excluding hydrogens is 216 g/mol. The summed E-state index contributed by atoms with van der Waals surface area (Å²) in [5.74, 6) is 1.21. The molecule has 1 N–H and O–H groups in total. The maximum Gasteiger partial charge on any atom is 0.224 e. The van der Waals surface area contributed by atoms with E-state index in [-0.39, 0.29) is 0 Å². The number of anilines is 1. The van der Waals surface area contributed by atoms with Crippen LogP contribution < -0.4 is 5.32 Å². The predicted molar refractivity (Wildman–Crippen MR) is 64.7 cm³/mol. The molecule has 1 saturated heterocycles. The molecule has 5 heteroatoms. The Morgan fingerprint density at radius 2 is 2.41 bits per heavy atom. The zero-order valence-electron chi connectivity index (χ0n) is 9.47. The van der Waals surface area contributed by atoms with Crippen LogP contribution >= 0.6 is 0 Å². The molecule has 1 aliphatic rings. The van der Waals surface area contributed by atoms with E-state index in [1.54, 1.807) is 12.4 Å². The molecule has 0 saturated carbocycles. The normalized spacial score (nSPS) is 19.6. The average Bonchev–Trinajstić information content (AvgIpc) is 2.89. The van der Waals surface area contributed by atoms with E-state index < -0.39 is 0 Å². The minimum Gasteiger partial charge on any atom is -0.381 e. The van der Waals surface area contributed by atoms with Crippen LogP contribution in [-0.4, -0.2) is 34.7 Å². The van der Waals surface area contributed by atoms with Gasteiger partial charge in [0.1, 0.15) is 0 Å². The van der Waals surface area contributed by atoms with Gasteiger partial charge in [0.2, 0.25) is 5.95 Å². The predicted octanol–water partition coefficient (Wildman–Crippen LogP) is 1.47. The summed E-state index contributed by atoms with van der Waals surface area (Å²) >= 11 is 0. The number of nitrogens with one attached hydrogen (secondary N) is 1. The lowest BCUT2D eigenvalue weighted by Crippen LogP contribution is -2.15. The van der Waals surface area contributed by atoms with Gasteiger partial charge in [0.25, 0.3) is 0 Å². The van der Waals surface area contributed by atoms with E-state index in [2.05, 4.69) is 20.3 Å². The summed E-state index contributed by atoms with van der Waals surface area (Å²) < 4.78 is 5.32. The van der Waals surface area contributed by atoms with Gasteiger partial charge >= 0.3 is 0 Å². The summed E-state index contributed by atoms with van der Waals surface area (Å²) in [7, 11) is 0. The molecule has 0 spiro atoms. The van der Waals surface area contributed by atoms with Crippen molar-refractivity contribution in [3.8, 4) is 0 Å². The number of hydrogen-bond donors (Lipinski definition) is 1. The van der Waals surface area contributed by atoms with Crippen LogP contribution in [0, 0.1) is 5.92 Å². The molecule has 0 bridgehead atoms. The minimum atomic E-state index is 0.568. The molecule has 2 aromatic rings. The Balaban J connectivity index is 1.72. The lowest BCUT2D eigenvalue weighted by molar-refractivity contribution is 0.187. The van der Waals surface area contributed by atoms with Gasteiger partial charge < -0.3 is 10.1 Å². The Labute approximate surface area is 99.3 Å². The Hall–Kier alpha value is -1.75. The van der Waals surface area contributed by atoms with Gasteiger partial charge in [0.05, 0.1) is 6.61 Å². The van der Waals surface area contributed by atoms with Crippen molar-refractivity contribution >= 4 is 17.0 Å². The van der Waals surface area contributed by atoms with E-state index in [4.69, 9.17) is 4.74 Å². The van der Waals surface area contributed by atoms with Crippen molar-refractivity contribution in [1.29, 1.82) is 0 Å². The van der Waals surface area contributed by atoms with Crippen LogP contribution in [0.1, 0.15) is 6.42 Å². The summed E-state index contributed by atoms with van der Waals surface area (Å²) in [6, 6.07) is 3.84. The quantitative estimate of drug-likeness (QED) is 0.865. The van der Waals surface area contributed by atoms with Crippen molar-refractivity contribution < 1.29 is 4.74 Å². The van der Waals surface area contributed by atoms with Gasteiger partial charge in [-0.25, -0.2) is 9.97 Å². The highest BCUT2D eigenvalue weighted by Gasteiger charge is 2.15. The molecule has 0 radical (unpaired) electrons. The third-order valence-corrected chi connectivity index (χ3v) is 2.93. The highest BCUT2D eigenvalue weighted by Crippen LogP contribution is 2.13. The van der Waals surface area contributed by atoms with Crippen molar-refractivity contribution in [3.05, 3.63) is 24.5 Å². The SMILES string of the molecule is c1cnc2nc(NCC3CCOC3)ncc2c1. The first-order valence-corrected chi connectivity index (χ1v) is 5.81. The van der Waals surface area contributed by atoms with Crippen LogP contribution in [0.2, 0.25) is 0 Å². The highest BCUT2D eigenvalue weighted by molar-refractivity contribution is 5.74. The second-order valence-corrected chi connectivity index (χ2v) is 4.22. The summed E-state index contributed by atoms with van der Waals surface area (Å²) in [6.07, 6.45) is 4.64. The Kier molecular flexibility index (Phi) is 2.83. The third-order valence-electron chi connectivity index (χ3n) is 2.93. The van der Waals surface area contributed by atoms with E-state index in [9.17, 15) is 0 Å². The lowest BCUT2D eigenvalue weighted by Gasteiger charge is -2.09. The second-order valence-electron chi connectivity index (χ2n) is 4.22. The number of aromatic nitrogens is 3. The zero-order chi connectivity index (χ0) is 11.5. The fraction of sp³-hybridized carbons (Fsp3) is 0.417. The van der Waals surface area contributed by atoms with Crippen LogP contribution in [0.15, 0.2) is 24.5 Å². The topological polar surface area (TPSA) is 59.9 Å². The maximum atomic E-state index is 5.32. The van der Waals surface area contributed by atoms with E-state index in [1.807, 2.05) is 12.1 Å². The minimum absolute atomic E-state index is 0.568. The average molecular weight is 230 g/mol. The van der Waals surface area contributed by atoms with Crippen LogP contribution in [0.25, 0.3) is 11.0 Å². The Morgan fingerprint density at radius 3 is 3.29 bits per heavy atom. The molecule has 88 valence electrons. The summed E-state index contributed by atoms with van der Waals surface area (Å²) in [5.41, 5.74) is 0.729. The highest BCUT2D eigenvalue weighted by atomic mass is 16.5. The third kappa shape index (κ3) is 2.34. The molecule has 1 aliphatic heterocycles. The van der Waals surface area contributed by atoms with Crippen molar-refractivity contribution in [2.24, 2.45) is 5.92 Å². The number of hydrogen-bond acceptors (Lipinski definition) is 5. The van der Waals surface area contributed by atoms with Crippen molar-refractivity contribution in [3.63, 3.8) is 0 Å². The van der Waals surface area contributed by atoms with Gasteiger partial charge in [-0.3, -0.25) is 0 Å². The van der Waals surface area contributed by atoms with E-state index in [0.717, 1.165) is 37.2 Å². The largest absolute Gasteiger partial charge is 0.381 e. The fourth-order valence-electron chi connectivity index (χ4n) is 1.93. The Morgan fingerprint density at radius 1 is 1.41 bits per heavy atom. The molecule has 17 heavy (non-hydrogen) atoms. The number of ether oxygens (including phenoxy) is 1. The maximum absolute atomic E-state index is 5.32. The smallest absolute Gasteiger partial charge is 0.224 e. The summed E-state index contributed by atoms with van der Waals surface area (Å²) in [4.78, 5) is 12.8. The first kappa shape index (κ1) is 10.4. The molecule has 0 amide bonds. The molecule has 0 aromatic carbocycles. The van der Waals surface area contributed by atoms with Gasteiger partial charge in [-0.1, -0.05) is 0 Å². The molecule has 1 atom stereocenters. The molecule has 3 heterocycles. The van der Waals surface area contributed by atoms with E-state index in [1.165, 1.54) is 0 Å². The molecule has 3 rings (SSSR count). The van der Waals surface area contributed by atoms with Crippen molar-refractivity contribution in [1.82, 2.24) is 15.0 Å². The first-order valence-electron chi connectivity index (χ1n) is 5.81. The van der Waals surface area contributed by atoms with Crippen molar-refractivity contribution in [2.75, 3.05) is 25.1 Å². The van der Waals surface area contributed by atoms with Gasteiger partial charge in [0.15, 0.2) is 5.65 Å². The van der Waals surface area contributed by atoms with Crippen LogP contribution in [0.3, 0.4) is 0 Å². The molecule has 1 fully saturated rings. The molecule has 1 unspecified atom stereocenters. The summed E-state index contributed by atoms with van der Waals surface area (Å²) in [5, 5.41) is 4.20. The van der Waals surface area contributed by atoms with Crippen LogP contribution in [0.5, 0.6) is 0 Å². The zero-order valence-corrected chi connectivity index (χ0v) is 9.47. The van der Waals surface area contributed by atoms with E-state index in [0.29, 0.717) is 11.9 Å². The van der Waals surface area contributed by atoms with Crippen LogP contribution in [-0.2, 0) is 4.74 Å². The second kappa shape index (κ2) is 4.63. The molecule has 5 nitrogen and oxygen atoms in total. The molecule has 2 aromatic heterocycles. The number of rotatable bonds is 3. The van der Waals surface area contributed by atoms with Gasteiger partial charge in [-0.2, -0.15) is 4.98 Å². The van der Waals surface area contributed by atoms with Crippen LogP contribution in [0.4, 0.5) is 5.95 Å². The monoisotopic (exact) mass is 230 g/mol. The summed E-state index contributed by atoms with van der Waals surface area (Å²) in [6.45, 7) is 2.56. The lowest BCUT2D eigenvalue weighted by atomic mass is 10.1. The molecular formula is C12H14N4O. The van der Waals surface area contributed by atoms with Crippen molar-refractivity contribution in [2.45, 2.75) is 6.42 Å². The number of nitrogens with zero attached hydrogens (tertiary/aromatic N) is 3. The molecule has 0 aliphatic carbocycles. The van der Waals surface area contributed by atoms with Gasteiger partial charge in [0, 0.05) is 36.8 Å². The fourth-order valence-corrected chi connectivity index (χ4v) is 1.93. The van der Waals surface area contributed by atoms with E-state index >= 15 is 0 Å². The number of pyridine rings is 1.